The van der Waals surface area contributed by atoms with Crippen LogP contribution in [-0.4, -0.2) is 26.2 Å². The summed E-state index contributed by atoms with van der Waals surface area (Å²) in [5, 5.41) is 1.08. The zero-order chi connectivity index (χ0) is 12.4. The molecule has 0 radical (unpaired) electrons. The minimum atomic E-state index is 0.425. The Bertz CT molecular complexity index is 537. The van der Waals surface area contributed by atoms with E-state index in [1.54, 1.807) is 7.11 Å². The molecule has 1 aromatic carbocycles. The van der Waals surface area contributed by atoms with Crippen molar-refractivity contribution in [3.05, 3.63) is 30.0 Å². The highest BCUT2D eigenvalue weighted by molar-refractivity contribution is 5.95. The lowest BCUT2D eigenvalue weighted by atomic mass is 10.1. The molecule has 0 saturated carbocycles. The summed E-state index contributed by atoms with van der Waals surface area (Å²) in [6.45, 7) is 0.425. The first-order valence-corrected chi connectivity index (χ1v) is 5.51. The highest BCUT2D eigenvalue weighted by Gasteiger charge is 2.10. The van der Waals surface area contributed by atoms with Crippen molar-refractivity contribution in [2.45, 2.75) is 6.54 Å². The first-order chi connectivity index (χ1) is 8.17. The molecule has 4 heteroatoms. The zero-order valence-corrected chi connectivity index (χ0v) is 10.4. The molecule has 0 bridgehead atoms. The summed E-state index contributed by atoms with van der Waals surface area (Å²) in [4.78, 5) is 6.59. The number of nitrogens with zero attached hydrogens (tertiary/aromatic N) is 2. The van der Waals surface area contributed by atoms with Crippen LogP contribution >= 0.6 is 0 Å². The summed E-state index contributed by atoms with van der Waals surface area (Å²) < 4.78 is 5.34. The van der Waals surface area contributed by atoms with Gasteiger partial charge in [0, 0.05) is 31.7 Å². The van der Waals surface area contributed by atoms with Crippen LogP contribution < -0.4 is 15.4 Å². The molecule has 0 unspecified atom stereocenters. The molecule has 0 saturated heterocycles. The number of hydrogen-bond acceptors (Lipinski definition) is 4. The number of benzene rings is 1. The smallest absolute Gasteiger partial charge is 0.145 e. The van der Waals surface area contributed by atoms with Gasteiger partial charge in [-0.05, 0) is 12.1 Å². The van der Waals surface area contributed by atoms with Gasteiger partial charge in [0.15, 0.2) is 0 Å². The Morgan fingerprint density at radius 3 is 2.71 bits per heavy atom. The van der Waals surface area contributed by atoms with Gasteiger partial charge in [-0.1, -0.05) is 12.1 Å². The van der Waals surface area contributed by atoms with E-state index in [9.17, 15) is 0 Å². The molecule has 1 aromatic heterocycles. The van der Waals surface area contributed by atoms with Gasteiger partial charge in [-0.25, -0.2) is 4.98 Å². The first kappa shape index (κ1) is 11.7. The van der Waals surface area contributed by atoms with Gasteiger partial charge >= 0.3 is 0 Å². The number of methoxy groups -OCH3 is 1. The maximum Gasteiger partial charge on any atom is 0.145 e. The van der Waals surface area contributed by atoms with Crippen molar-refractivity contribution in [1.82, 2.24) is 4.98 Å². The van der Waals surface area contributed by atoms with Crippen LogP contribution in [0, 0.1) is 0 Å². The van der Waals surface area contributed by atoms with E-state index in [-0.39, 0.29) is 0 Å². The van der Waals surface area contributed by atoms with Crippen LogP contribution in [0.3, 0.4) is 0 Å². The molecule has 2 N–H and O–H groups in total. The molecule has 0 aliphatic carbocycles. The van der Waals surface area contributed by atoms with Crippen molar-refractivity contribution in [2.75, 3.05) is 26.1 Å². The quantitative estimate of drug-likeness (QED) is 0.874. The lowest BCUT2D eigenvalue weighted by Gasteiger charge is -2.17. The third-order valence-electron chi connectivity index (χ3n) is 2.74. The van der Waals surface area contributed by atoms with E-state index in [1.807, 2.05) is 38.4 Å². The van der Waals surface area contributed by atoms with Crippen molar-refractivity contribution in [2.24, 2.45) is 5.73 Å². The Hall–Kier alpha value is -1.81. The number of nitrogens with two attached hydrogens (primary N) is 1. The van der Waals surface area contributed by atoms with Gasteiger partial charge in [0.1, 0.15) is 11.3 Å². The number of aromatic nitrogens is 1. The molecule has 1 heterocycles. The monoisotopic (exact) mass is 231 g/mol. The Balaban J connectivity index is 2.80. The first-order valence-electron chi connectivity index (χ1n) is 5.51. The fourth-order valence-electron chi connectivity index (χ4n) is 1.90. The van der Waals surface area contributed by atoms with E-state index >= 15 is 0 Å². The number of pyridine rings is 1. The Morgan fingerprint density at radius 1 is 1.35 bits per heavy atom. The van der Waals surface area contributed by atoms with E-state index in [2.05, 4.69) is 9.88 Å². The largest absolute Gasteiger partial charge is 0.494 e. The average Bonchev–Trinajstić information content (AvgIpc) is 2.36. The number of hydrogen-bond donors (Lipinski definition) is 1. The molecule has 0 fully saturated rings. The normalized spacial score (nSPS) is 10.6. The van der Waals surface area contributed by atoms with Crippen molar-refractivity contribution in [3.8, 4) is 5.75 Å². The van der Waals surface area contributed by atoms with E-state index in [4.69, 9.17) is 10.5 Å². The predicted molar refractivity (Wildman–Crippen MR) is 70.5 cm³/mol. The molecular weight excluding hydrogens is 214 g/mol. The van der Waals surface area contributed by atoms with Crippen LogP contribution in [0.25, 0.3) is 10.9 Å². The summed E-state index contributed by atoms with van der Waals surface area (Å²) >= 11 is 0. The predicted octanol–water partition coefficient (Wildman–Crippen LogP) is 1.77. The maximum atomic E-state index is 5.68. The van der Waals surface area contributed by atoms with Gasteiger partial charge in [0.05, 0.1) is 12.8 Å². The minimum absolute atomic E-state index is 0.425. The number of rotatable bonds is 3. The average molecular weight is 231 g/mol. The van der Waals surface area contributed by atoms with Crippen molar-refractivity contribution >= 4 is 16.6 Å². The highest BCUT2D eigenvalue weighted by atomic mass is 16.5. The molecule has 17 heavy (non-hydrogen) atoms. The second-order valence-corrected chi connectivity index (χ2v) is 4.09. The number of fused-ring (bicyclic) bond motifs is 1. The Labute approximate surface area is 101 Å². The second kappa shape index (κ2) is 4.59. The summed E-state index contributed by atoms with van der Waals surface area (Å²) in [5.41, 5.74) is 8.51. The van der Waals surface area contributed by atoms with Crippen LogP contribution in [0.1, 0.15) is 5.69 Å². The molecule has 0 aliphatic heterocycles. The minimum Gasteiger partial charge on any atom is -0.494 e. The summed E-state index contributed by atoms with van der Waals surface area (Å²) in [5.74, 6) is 0.779. The standard InChI is InChI=1S/C13H17N3O/c1-16(2)11-7-9(8-14)15-13-10(11)5-4-6-12(13)17-3/h4-7H,8,14H2,1-3H3. The summed E-state index contributed by atoms with van der Waals surface area (Å²) in [7, 11) is 5.67. The van der Waals surface area contributed by atoms with E-state index in [1.165, 1.54) is 0 Å². The number of ether oxygens (including phenoxy) is 1. The van der Waals surface area contributed by atoms with E-state index in [0.29, 0.717) is 6.54 Å². The van der Waals surface area contributed by atoms with Crippen molar-refractivity contribution in [1.29, 1.82) is 0 Å². The fourth-order valence-corrected chi connectivity index (χ4v) is 1.90. The van der Waals surface area contributed by atoms with Gasteiger partial charge in [0.25, 0.3) is 0 Å². The molecule has 0 atom stereocenters. The fraction of sp³-hybridized carbons (Fsp3) is 0.308. The number of para-hydroxylation sites is 1. The molecule has 0 aliphatic rings. The molecule has 0 spiro atoms. The van der Waals surface area contributed by atoms with Gasteiger partial charge in [-0.15, -0.1) is 0 Å². The van der Waals surface area contributed by atoms with Crippen molar-refractivity contribution in [3.63, 3.8) is 0 Å². The van der Waals surface area contributed by atoms with E-state index < -0.39 is 0 Å². The van der Waals surface area contributed by atoms with Crippen molar-refractivity contribution < 1.29 is 4.74 Å². The zero-order valence-electron chi connectivity index (χ0n) is 10.4. The third kappa shape index (κ3) is 2.03. The maximum absolute atomic E-state index is 5.68. The summed E-state index contributed by atoms with van der Waals surface area (Å²) in [6.07, 6.45) is 0. The van der Waals surface area contributed by atoms with Gasteiger partial charge < -0.3 is 15.4 Å². The van der Waals surface area contributed by atoms with Gasteiger partial charge in [-0.2, -0.15) is 0 Å². The second-order valence-electron chi connectivity index (χ2n) is 4.09. The van der Waals surface area contributed by atoms with Crippen LogP contribution in [0.4, 0.5) is 5.69 Å². The van der Waals surface area contributed by atoms with E-state index in [0.717, 1.165) is 28.0 Å². The third-order valence-corrected chi connectivity index (χ3v) is 2.74. The SMILES string of the molecule is COc1cccc2c(N(C)C)cc(CN)nc12. The van der Waals surface area contributed by atoms with Gasteiger partial charge in [-0.3, -0.25) is 0 Å². The molecule has 0 amide bonds. The Kier molecular flexibility index (Phi) is 3.15. The van der Waals surface area contributed by atoms with Crippen LogP contribution in [-0.2, 0) is 6.54 Å². The lowest BCUT2D eigenvalue weighted by molar-refractivity contribution is 0.419. The molecule has 4 nitrogen and oxygen atoms in total. The summed E-state index contributed by atoms with van der Waals surface area (Å²) in [6, 6.07) is 7.94. The van der Waals surface area contributed by atoms with Crippen LogP contribution in [0.2, 0.25) is 0 Å². The lowest BCUT2D eigenvalue weighted by Crippen LogP contribution is -2.11. The molecular formula is C13H17N3O. The number of anilines is 1. The van der Waals surface area contributed by atoms with Gasteiger partial charge in [0.2, 0.25) is 0 Å². The van der Waals surface area contributed by atoms with Crippen LogP contribution in [0.5, 0.6) is 5.75 Å². The molecule has 2 rings (SSSR count). The highest BCUT2D eigenvalue weighted by Crippen LogP contribution is 2.31. The Morgan fingerprint density at radius 2 is 2.12 bits per heavy atom. The molecule has 2 aromatic rings. The topological polar surface area (TPSA) is 51.4 Å². The van der Waals surface area contributed by atoms with Crippen LogP contribution in [0.15, 0.2) is 24.3 Å². The molecule has 90 valence electrons.